The van der Waals surface area contributed by atoms with Gasteiger partial charge in [-0.05, 0) is 5.92 Å². The third-order valence-electron chi connectivity index (χ3n) is 5.88. The Morgan fingerprint density at radius 2 is 0.640 bits per heavy atom. The lowest BCUT2D eigenvalue weighted by molar-refractivity contribution is 0.377. The van der Waals surface area contributed by atoms with E-state index in [1.165, 1.54) is 135 Å². The normalized spacial score (nSPS) is 12.6. The van der Waals surface area contributed by atoms with Gasteiger partial charge in [-0.15, -0.1) is 0 Å². The van der Waals surface area contributed by atoms with Gasteiger partial charge in [0.2, 0.25) is 0 Å². The fourth-order valence-electron chi connectivity index (χ4n) is 4.15. The van der Waals surface area contributed by atoms with Crippen LogP contribution in [0.2, 0.25) is 0 Å². The van der Waals surface area contributed by atoms with Crippen molar-refractivity contribution < 1.29 is 0 Å². The number of hydrogen-bond donors (Lipinski definition) is 0. The first-order valence-corrected chi connectivity index (χ1v) is 12.3. The Morgan fingerprint density at radius 1 is 0.320 bits per heavy atom. The molecule has 0 aliphatic carbocycles. The van der Waals surface area contributed by atoms with Crippen LogP contribution in [-0.4, -0.2) is 0 Å². The Balaban J connectivity index is 3.35. The summed E-state index contributed by atoms with van der Waals surface area (Å²) in [6.07, 6.45) is 30.8. The minimum absolute atomic E-state index is 1.04. The summed E-state index contributed by atoms with van der Waals surface area (Å²) in [5, 5.41) is 0. The van der Waals surface area contributed by atoms with Crippen molar-refractivity contribution in [2.45, 2.75) is 156 Å². The molecule has 0 aliphatic rings. The van der Waals surface area contributed by atoms with Gasteiger partial charge in [-0.2, -0.15) is 0 Å². The lowest BCUT2D eigenvalue weighted by Crippen LogP contribution is -2.00. The average Bonchev–Trinajstić information content (AvgIpc) is 2.62. The van der Waals surface area contributed by atoms with Crippen LogP contribution in [0.3, 0.4) is 0 Å². The van der Waals surface area contributed by atoms with Gasteiger partial charge in [0.25, 0.3) is 0 Å². The van der Waals surface area contributed by atoms with E-state index >= 15 is 0 Å². The average molecular weight is 353 g/mol. The van der Waals surface area contributed by atoms with E-state index in [-0.39, 0.29) is 0 Å². The molecule has 0 saturated carbocycles. The first kappa shape index (κ1) is 25.0. The van der Waals surface area contributed by atoms with Crippen LogP contribution in [0.5, 0.6) is 0 Å². The quantitative estimate of drug-likeness (QED) is 0.180. The van der Waals surface area contributed by atoms with E-state index in [2.05, 4.69) is 20.8 Å². The molecule has 0 nitrogen and oxygen atoms in total. The van der Waals surface area contributed by atoms with Crippen LogP contribution in [0.4, 0.5) is 0 Å². The molecule has 0 rings (SSSR count). The molecule has 0 radical (unpaired) electrons. The van der Waals surface area contributed by atoms with Crippen molar-refractivity contribution in [1.82, 2.24) is 0 Å². The zero-order chi connectivity index (χ0) is 18.4. The van der Waals surface area contributed by atoms with Crippen LogP contribution >= 0.6 is 0 Å². The highest BCUT2D eigenvalue weighted by Gasteiger charge is 2.07. The minimum Gasteiger partial charge on any atom is -0.0654 e. The van der Waals surface area contributed by atoms with Crippen LogP contribution in [0.15, 0.2) is 0 Å². The summed E-state index contributed by atoms with van der Waals surface area (Å²) in [6.45, 7) is 6.98. The third-order valence-corrected chi connectivity index (χ3v) is 5.88. The van der Waals surface area contributed by atoms with E-state index in [9.17, 15) is 0 Å². The van der Waals surface area contributed by atoms with Crippen LogP contribution in [-0.2, 0) is 0 Å². The number of hydrogen-bond acceptors (Lipinski definition) is 0. The minimum atomic E-state index is 1.04. The first-order chi connectivity index (χ1) is 12.3. The van der Waals surface area contributed by atoms with E-state index in [1.54, 1.807) is 0 Å². The maximum atomic E-state index is 2.37. The van der Waals surface area contributed by atoms with Crippen molar-refractivity contribution in [2.75, 3.05) is 0 Å². The van der Waals surface area contributed by atoms with E-state index in [0.29, 0.717) is 0 Å². The fourth-order valence-corrected chi connectivity index (χ4v) is 4.15. The van der Waals surface area contributed by atoms with E-state index in [4.69, 9.17) is 0 Å². The van der Waals surface area contributed by atoms with Gasteiger partial charge in [-0.3, -0.25) is 0 Å². The van der Waals surface area contributed by atoms with Gasteiger partial charge in [0.1, 0.15) is 0 Å². The first-order valence-electron chi connectivity index (χ1n) is 12.3. The van der Waals surface area contributed by atoms with Crippen LogP contribution in [0, 0.1) is 5.92 Å². The van der Waals surface area contributed by atoms with Gasteiger partial charge in [0, 0.05) is 0 Å². The summed E-state index contributed by atoms with van der Waals surface area (Å²) in [6, 6.07) is 0. The topological polar surface area (TPSA) is 0 Å². The molecule has 0 aromatic heterocycles. The molecule has 25 heavy (non-hydrogen) atoms. The highest BCUT2D eigenvalue weighted by molar-refractivity contribution is 4.60. The maximum Gasteiger partial charge on any atom is -0.0414 e. The van der Waals surface area contributed by atoms with Crippen LogP contribution in [0.25, 0.3) is 0 Å². The Hall–Kier alpha value is 0. The van der Waals surface area contributed by atoms with Crippen molar-refractivity contribution in [3.05, 3.63) is 0 Å². The van der Waals surface area contributed by atoms with Crippen LogP contribution in [0.1, 0.15) is 156 Å². The largest absolute Gasteiger partial charge is 0.0654 e. The number of rotatable bonds is 21. The zero-order valence-electron chi connectivity index (χ0n) is 18.4. The predicted octanol–water partition coefficient (Wildman–Crippen LogP) is 9.85. The van der Waals surface area contributed by atoms with Gasteiger partial charge in [0.05, 0.1) is 0 Å². The molecule has 0 bridgehead atoms. The SMILES string of the molecule is CCCCCCCCCCCCCCC(CCC)CCCCCCC. The summed E-state index contributed by atoms with van der Waals surface area (Å²) in [4.78, 5) is 0. The Bertz CT molecular complexity index is 220. The lowest BCUT2D eigenvalue weighted by Gasteiger charge is -2.16. The Kier molecular flexibility index (Phi) is 22.0. The predicted molar refractivity (Wildman–Crippen MR) is 117 cm³/mol. The van der Waals surface area contributed by atoms with Crippen molar-refractivity contribution in [2.24, 2.45) is 5.92 Å². The molecule has 0 heteroatoms. The fraction of sp³-hybridized carbons (Fsp3) is 1.00. The summed E-state index contributed by atoms with van der Waals surface area (Å²) >= 11 is 0. The molecular weight excluding hydrogens is 300 g/mol. The van der Waals surface area contributed by atoms with Gasteiger partial charge in [0.15, 0.2) is 0 Å². The maximum absolute atomic E-state index is 2.37. The molecule has 0 saturated heterocycles. The molecule has 152 valence electrons. The highest BCUT2D eigenvalue weighted by atomic mass is 14.1. The van der Waals surface area contributed by atoms with Crippen molar-refractivity contribution in [3.63, 3.8) is 0 Å². The second-order valence-electron chi connectivity index (χ2n) is 8.54. The van der Waals surface area contributed by atoms with Crippen molar-refractivity contribution in [1.29, 1.82) is 0 Å². The monoisotopic (exact) mass is 352 g/mol. The van der Waals surface area contributed by atoms with Gasteiger partial charge < -0.3 is 0 Å². The van der Waals surface area contributed by atoms with E-state index in [1.807, 2.05) is 0 Å². The highest BCUT2D eigenvalue weighted by Crippen LogP contribution is 2.23. The molecule has 1 atom stereocenters. The zero-order valence-corrected chi connectivity index (χ0v) is 18.4. The lowest BCUT2D eigenvalue weighted by atomic mass is 9.90. The molecule has 0 aromatic rings. The van der Waals surface area contributed by atoms with E-state index in [0.717, 1.165) is 5.92 Å². The second kappa shape index (κ2) is 22.0. The van der Waals surface area contributed by atoms with Crippen molar-refractivity contribution >= 4 is 0 Å². The molecule has 0 aromatic carbocycles. The molecule has 0 fully saturated rings. The summed E-state index contributed by atoms with van der Waals surface area (Å²) < 4.78 is 0. The summed E-state index contributed by atoms with van der Waals surface area (Å²) in [7, 11) is 0. The summed E-state index contributed by atoms with van der Waals surface area (Å²) in [5.41, 5.74) is 0. The van der Waals surface area contributed by atoms with Crippen LogP contribution < -0.4 is 0 Å². The standard InChI is InChI=1S/C25H52/c1-4-7-9-11-12-13-14-15-16-17-19-21-24-25(22-6-3)23-20-18-10-8-5-2/h25H,4-24H2,1-3H3. The Labute approximate surface area is 161 Å². The molecule has 0 amide bonds. The second-order valence-corrected chi connectivity index (χ2v) is 8.54. The van der Waals surface area contributed by atoms with Crippen molar-refractivity contribution in [3.8, 4) is 0 Å². The van der Waals surface area contributed by atoms with Gasteiger partial charge in [-0.1, -0.05) is 156 Å². The molecule has 0 heterocycles. The summed E-state index contributed by atoms with van der Waals surface area (Å²) in [5.74, 6) is 1.04. The smallest absolute Gasteiger partial charge is 0.0414 e. The molecular formula is C25H52. The third kappa shape index (κ3) is 20.2. The molecule has 0 spiro atoms. The molecule has 0 aliphatic heterocycles. The molecule has 1 unspecified atom stereocenters. The van der Waals surface area contributed by atoms with Gasteiger partial charge >= 0.3 is 0 Å². The van der Waals surface area contributed by atoms with E-state index < -0.39 is 0 Å². The molecule has 0 N–H and O–H groups in total. The Morgan fingerprint density at radius 3 is 0.960 bits per heavy atom. The van der Waals surface area contributed by atoms with Gasteiger partial charge in [-0.25, -0.2) is 0 Å². The number of unbranched alkanes of at least 4 members (excludes halogenated alkanes) is 15.